The molecular formula is C22H33FN6O3. The maximum Gasteiger partial charge on any atom is 0.307 e. The molecule has 2 unspecified atom stereocenters. The third kappa shape index (κ3) is 7.04. The van der Waals surface area contributed by atoms with Crippen molar-refractivity contribution in [3.05, 3.63) is 41.0 Å². The molecule has 0 aliphatic carbocycles. The molecule has 2 heterocycles. The number of nitrogens with zero attached hydrogens (tertiary/aromatic N) is 4. The number of carbonyl (C=O) groups is 1. The molecule has 2 aromatic rings. The van der Waals surface area contributed by atoms with Gasteiger partial charge in [0.05, 0.1) is 19.1 Å². The van der Waals surface area contributed by atoms with Crippen LogP contribution in [0.15, 0.2) is 18.2 Å². The number of piperazine rings is 1. The van der Waals surface area contributed by atoms with Gasteiger partial charge in [0.2, 0.25) is 0 Å². The minimum Gasteiger partial charge on any atom is -0.481 e. The molecule has 32 heavy (non-hydrogen) atoms. The van der Waals surface area contributed by atoms with E-state index in [1.807, 2.05) is 19.9 Å². The first-order chi connectivity index (χ1) is 15.4. The van der Waals surface area contributed by atoms with Gasteiger partial charge in [0, 0.05) is 44.2 Å². The Hall–Kier alpha value is -2.43. The van der Waals surface area contributed by atoms with E-state index in [1.54, 1.807) is 6.07 Å². The van der Waals surface area contributed by atoms with Crippen LogP contribution in [-0.4, -0.2) is 75.9 Å². The van der Waals surface area contributed by atoms with Crippen molar-refractivity contribution in [1.82, 2.24) is 30.8 Å². The van der Waals surface area contributed by atoms with Crippen molar-refractivity contribution >= 4 is 5.97 Å². The second-order valence-corrected chi connectivity index (χ2v) is 8.72. The monoisotopic (exact) mass is 448 g/mol. The molecule has 1 aliphatic heterocycles. The first kappa shape index (κ1) is 24.2. The number of H-pyrrole nitrogens is 1. The highest BCUT2D eigenvalue weighted by molar-refractivity contribution is 5.71. The maximum atomic E-state index is 14.7. The Kier molecular flexibility index (Phi) is 9.07. The molecule has 10 heteroatoms. The van der Waals surface area contributed by atoms with Gasteiger partial charge in [-0.2, -0.15) is 5.21 Å². The fourth-order valence-corrected chi connectivity index (χ4v) is 4.08. The zero-order valence-corrected chi connectivity index (χ0v) is 18.8. The summed E-state index contributed by atoms with van der Waals surface area (Å²) >= 11 is 0. The van der Waals surface area contributed by atoms with Gasteiger partial charge in [-0.15, -0.1) is 10.2 Å². The van der Waals surface area contributed by atoms with Crippen molar-refractivity contribution in [2.45, 2.75) is 39.2 Å². The van der Waals surface area contributed by atoms with Crippen molar-refractivity contribution in [2.24, 2.45) is 11.8 Å². The number of nitrogens with one attached hydrogen (secondary N) is 2. The average molecular weight is 449 g/mol. The molecule has 3 N–H and O–H groups in total. The molecule has 1 aromatic carbocycles. The van der Waals surface area contributed by atoms with Gasteiger partial charge in [0.15, 0.2) is 5.82 Å². The van der Waals surface area contributed by atoms with Gasteiger partial charge < -0.3 is 15.2 Å². The summed E-state index contributed by atoms with van der Waals surface area (Å²) in [4.78, 5) is 14.3. The fraction of sp³-hybridized carbons (Fsp3) is 0.636. The van der Waals surface area contributed by atoms with Gasteiger partial charge in [-0.3, -0.25) is 9.69 Å². The van der Waals surface area contributed by atoms with E-state index < -0.39 is 17.8 Å². The van der Waals surface area contributed by atoms with Crippen LogP contribution >= 0.6 is 0 Å². The van der Waals surface area contributed by atoms with Gasteiger partial charge in [-0.05, 0) is 30.4 Å². The zero-order valence-electron chi connectivity index (χ0n) is 18.8. The van der Waals surface area contributed by atoms with E-state index in [0.717, 1.165) is 32.7 Å². The number of aromatic amines is 1. The summed E-state index contributed by atoms with van der Waals surface area (Å²) in [6.07, 6.45) is 0.778. The molecule has 2 atom stereocenters. The number of hydrogen-bond donors (Lipinski definition) is 3. The number of carboxylic acids is 1. The van der Waals surface area contributed by atoms with Crippen molar-refractivity contribution in [3.8, 4) is 0 Å². The van der Waals surface area contributed by atoms with Crippen LogP contribution in [0.4, 0.5) is 4.39 Å². The Balaban J connectivity index is 1.61. The van der Waals surface area contributed by atoms with Gasteiger partial charge in [-0.25, -0.2) is 4.39 Å². The standard InChI is InChI=1S/C22H33FN6O3/c1-15(2)11-19(22(30)31)18(21-25-27-28-26-21)12-16-3-4-17(20(23)13-16)14-32-10-9-29-7-5-24-6-8-29/h3-4,13,15,18-19,24H,5-12,14H2,1-2H3,(H,30,31)(H,25,26,27,28). The lowest BCUT2D eigenvalue weighted by atomic mass is 9.81. The van der Waals surface area contributed by atoms with Gasteiger partial charge in [0.1, 0.15) is 5.82 Å². The van der Waals surface area contributed by atoms with Crippen molar-refractivity contribution in [2.75, 3.05) is 39.3 Å². The van der Waals surface area contributed by atoms with E-state index in [1.165, 1.54) is 6.07 Å². The molecule has 1 fully saturated rings. The van der Waals surface area contributed by atoms with E-state index in [4.69, 9.17) is 4.74 Å². The van der Waals surface area contributed by atoms with Crippen molar-refractivity contribution in [1.29, 1.82) is 0 Å². The molecule has 3 rings (SSSR count). The highest BCUT2D eigenvalue weighted by Crippen LogP contribution is 2.31. The lowest BCUT2D eigenvalue weighted by Crippen LogP contribution is -2.44. The van der Waals surface area contributed by atoms with Crippen LogP contribution in [0.1, 0.15) is 43.1 Å². The normalized spacial score (nSPS) is 16.9. The third-order valence-electron chi connectivity index (χ3n) is 5.81. The largest absolute Gasteiger partial charge is 0.481 e. The second-order valence-electron chi connectivity index (χ2n) is 8.72. The molecule has 1 aromatic heterocycles. The number of halogens is 1. The smallest absolute Gasteiger partial charge is 0.307 e. The molecule has 0 spiro atoms. The highest BCUT2D eigenvalue weighted by Gasteiger charge is 2.33. The topological polar surface area (TPSA) is 116 Å². The summed E-state index contributed by atoms with van der Waals surface area (Å²) in [5.74, 6) is -1.95. The molecule has 0 amide bonds. The first-order valence-electron chi connectivity index (χ1n) is 11.2. The van der Waals surface area contributed by atoms with Gasteiger partial charge in [0.25, 0.3) is 0 Å². The van der Waals surface area contributed by atoms with Crippen LogP contribution in [0.5, 0.6) is 0 Å². The van der Waals surface area contributed by atoms with Crippen LogP contribution in [-0.2, 0) is 22.6 Å². The SMILES string of the molecule is CC(C)CC(C(=O)O)C(Cc1ccc(COCCN2CCNCC2)c(F)c1)c1nn[nH]n1. The van der Waals surface area contributed by atoms with E-state index in [0.29, 0.717) is 36.4 Å². The fourth-order valence-electron chi connectivity index (χ4n) is 4.08. The number of hydrogen-bond acceptors (Lipinski definition) is 7. The molecule has 0 bridgehead atoms. The van der Waals surface area contributed by atoms with Gasteiger partial charge in [-0.1, -0.05) is 31.2 Å². The van der Waals surface area contributed by atoms with E-state index in [2.05, 4.69) is 30.8 Å². The summed E-state index contributed by atoms with van der Waals surface area (Å²) in [5.41, 5.74) is 1.18. The summed E-state index contributed by atoms with van der Waals surface area (Å²) in [6.45, 7) is 9.51. The van der Waals surface area contributed by atoms with E-state index in [9.17, 15) is 14.3 Å². The van der Waals surface area contributed by atoms with Crippen molar-refractivity contribution < 1.29 is 19.0 Å². The lowest BCUT2D eigenvalue weighted by Gasteiger charge is -2.26. The summed E-state index contributed by atoms with van der Waals surface area (Å²) in [6, 6.07) is 4.98. The highest BCUT2D eigenvalue weighted by atomic mass is 19.1. The Morgan fingerprint density at radius 2 is 2.09 bits per heavy atom. The van der Waals surface area contributed by atoms with E-state index in [-0.39, 0.29) is 18.3 Å². The molecule has 1 saturated heterocycles. The minimum absolute atomic E-state index is 0.183. The Labute approximate surface area is 187 Å². The van der Waals surface area contributed by atoms with Crippen molar-refractivity contribution in [3.63, 3.8) is 0 Å². The quantitative estimate of drug-likeness (QED) is 0.421. The lowest BCUT2D eigenvalue weighted by molar-refractivity contribution is -0.143. The van der Waals surface area contributed by atoms with Crippen LogP contribution in [0, 0.1) is 17.7 Å². The molecule has 176 valence electrons. The van der Waals surface area contributed by atoms with Gasteiger partial charge >= 0.3 is 5.97 Å². The number of ether oxygens (including phenoxy) is 1. The molecule has 1 aliphatic rings. The van der Waals surface area contributed by atoms with Crippen LogP contribution in [0.25, 0.3) is 0 Å². The maximum absolute atomic E-state index is 14.7. The third-order valence-corrected chi connectivity index (χ3v) is 5.81. The average Bonchev–Trinajstić information content (AvgIpc) is 3.30. The molecular weight excluding hydrogens is 415 g/mol. The molecule has 0 radical (unpaired) electrons. The summed E-state index contributed by atoms with van der Waals surface area (Å²) < 4.78 is 20.4. The Morgan fingerprint density at radius 1 is 1.31 bits per heavy atom. The number of rotatable bonds is 12. The summed E-state index contributed by atoms with van der Waals surface area (Å²) in [5, 5.41) is 27.1. The predicted molar refractivity (Wildman–Crippen MR) is 117 cm³/mol. The number of aliphatic carboxylic acids is 1. The Morgan fingerprint density at radius 3 is 2.72 bits per heavy atom. The number of aromatic nitrogens is 4. The first-order valence-corrected chi connectivity index (χ1v) is 11.2. The number of carboxylic acid groups (broad SMARTS) is 1. The second kappa shape index (κ2) is 12.0. The molecule has 9 nitrogen and oxygen atoms in total. The van der Waals surface area contributed by atoms with Crippen LogP contribution in [0.3, 0.4) is 0 Å². The predicted octanol–water partition coefficient (Wildman–Crippen LogP) is 1.83. The Bertz CT molecular complexity index is 842. The van der Waals surface area contributed by atoms with Crippen LogP contribution in [0.2, 0.25) is 0 Å². The molecule has 0 saturated carbocycles. The van der Waals surface area contributed by atoms with Crippen LogP contribution < -0.4 is 5.32 Å². The number of tetrazole rings is 1. The minimum atomic E-state index is -0.913. The summed E-state index contributed by atoms with van der Waals surface area (Å²) in [7, 11) is 0. The number of benzene rings is 1. The zero-order chi connectivity index (χ0) is 22.9. The van der Waals surface area contributed by atoms with E-state index >= 15 is 0 Å².